The number of aromatic nitrogens is 2. The molecular formula is C19H17FN4O2. The van der Waals surface area contributed by atoms with Crippen LogP contribution >= 0.6 is 0 Å². The second-order valence-corrected chi connectivity index (χ2v) is 6.92. The summed E-state index contributed by atoms with van der Waals surface area (Å²) in [4.78, 5) is 0. The Labute approximate surface area is 149 Å². The number of nitrogens with zero attached hydrogens (tertiary/aromatic N) is 3. The van der Waals surface area contributed by atoms with E-state index in [1.54, 1.807) is 44.2 Å². The van der Waals surface area contributed by atoms with E-state index >= 15 is 0 Å². The third-order valence-corrected chi connectivity index (χ3v) is 4.82. The molecule has 2 atom stereocenters. The predicted molar refractivity (Wildman–Crippen MR) is 94.1 cm³/mol. The maximum atomic E-state index is 14.2. The van der Waals surface area contributed by atoms with E-state index in [1.165, 1.54) is 10.7 Å². The van der Waals surface area contributed by atoms with Crippen LogP contribution in [0, 0.1) is 17.1 Å². The van der Waals surface area contributed by atoms with Crippen LogP contribution in [-0.2, 0) is 0 Å². The molecule has 1 aromatic heterocycles. The Morgan fingerprint density at radius 1 is 1.35 bits per heavy atom. The number of hydrogen-bond donors (Lipinski definition) is 2. The van der Waals surface area contributed by atoms with Gasteiger partial charge in [-0.3, -0.25) is 4.68 Å². The zero-order valence-electron chi connectivity index (χ0n) is 14.3. The number of nitrogens with two attached hydrogens (primary N) is 1. The average Bonchev–Trinajstić information content (AvgIpc) is 2.93. The molecule has 0 amide bonds. The highest BCUT2D eigenvalue weighted by Gasteiger charge is 2.45. The van der Waals surface area contributed by atoms with Crippen LogP contribution in [0.4, 0.5) is 10.2 Å². The number of aliphatic hydroxyl groups excluding tert-OH is 1. The normalized spacial score (nSPS) is 21.0. The molecule has 1 aliphatic rings. The van der Waals surface area contributed by atoms with Crippen molar-refractivity contribution in [1.29, 1.82) is 5.26 Å². The predicted octanol–water partition coefficient (Wildman–Crippen LogP) is 2.75. The largest absolute Gasteiger partial charge is 0.485 e. The molecule has 3 aromatic rings. The van der Waals surface area contributed by atoms with E-state index < -0.39 is 23.6 Å². The quantitative estimate of drug-likeness (QED) is 0.702. The Bertz CT molecular complexity index is 1070. The molecule has 2 aromatic carbocycles. The molecule has 0 radical (unpaired) electrons. The zero-order chi connectivity index (χ0) is 18.6. The molecule has 0 fully saturated rings. The third kappa shape index (κ3) is 2.23. The van der Waals surface area contributed by atoms with Crippen molar-refractivity contribution in [2.24, 2.45) is 0 Å². The first-order valence-electron chi connectivity index (χ1n) is 8.17. The summed E-state index contributed by atoms with van der Waals surface area (Å²) in [5.74, 6) is 0.119. The van der Waals surface area contributed by atoms with Crippen LogP contribution in [0.15, 0.2) is 36.4 Å². The number of aliphatic hydroxyl groups is 1. The maximum absolute atomic E-state index is 14.2. The van der Waals surface area contributed by atoms with E-state index in [-0.39, 0.29) is 11.2 Å². The summed E-state index contributed by atoms with van der Waals surface area (Å²) in [6.07, 6.45) is -0.991. The van der Waals surface area contributed by atoms with Gasteiger partial charge < -0.3 is 15.6 Å². The number of rotatable bonds is 1. The number of anilines is 1. The summed E-state index contributed by atoms with van der Waals surface area (Å²) in [7, 11) is 0. The number of benzene rings is 2. The molecule has 2 heterocycles. The van der Waals surface area contributed by atoms with Gasteiger partial charge in [-0.2, -0.15) is 10.4 Å². The fourth-order valence-electron chi connectivity index (χ4n) is 3.49. The van der Waals surface area contributed by atoms with Gasteiger partial charge in [-0.1, -0.05) is 6.07 Å². The Kier molecular flexibility index (Phi) is 3.43. The van der Waals surface area contributed by atoms with Gasteiger partial charge in [-0.25, -0.2) is 4.39 Å². The Morgan fingerprint density at radius 3 is 2.85 bits per heavy atom. The molecular weight excluding hydrogens is 335 g/mol. The van der Waals surface area contributed by atoms with Crippen LogP contribution < -0.4 is 10.5 Å². The summed E-state index contributed by atoms with van der Waals surface area (Å²) in [5, 5.41) is 24.7. The molecule has 3 N–H and O–H groups in total. The number of nitriles is 1. The molecule has 0 saturated heterocycles. The van der Waals surface area contributed by atoms with Gasteiger partial charge in [-0.15, -0.1) is 0 Å². The highest BCUT2D eigenvalue weighted by atomic mass is 19.1. The molecule has 4 rings (SSSR count). The van der Waals surface area contributed by atoms with Gasteiger partial charge in [0.05, 0.1) is 22.5 Å². The highest BCUT2D eigenvalue weighted by Crippen LogP contribution is 2.43. The van der Waals surface area contributed by atoms with Gasteiger partial charge in [0.15, 0.2) is 5.82 Å². The van der Waals surface area contributed by atoms with E-state index in [9.17, 15) is 14.8 Å². The Balaban J connectivity index is 2.02. The standard InChI is InChI=1S/C19H17FN4O2/c1-19(2)17(25)16(11-8-10(9-21)6-7-14(11)26-19)24-13-5-3-4-12(20)15(13)18(22)23-24/h3-8,16-17,25H,1-2H3,(H2,22,23)/t16-,17+/m0/s1. The lowest BCUT2D eigenvalue weighted by molar-refractivity contribution is -0.0649. The van der Waals surface area contributed by atoms with Gasteiger partial charge in [-0.05, 0) is 44.2 Å². The van der Waals surface area contributed by atoms with Crippen LogP contribution in [0.1, 0.15) is 31.0 Å². The molecule has 6 nitrogen and oxygen atoms in total. The van der Waals surface area contributed by atoms with Gasteiger partial charge in [0.1, 0.15) is 29.3 Å². The van der Waals surface area contributed by atoms with Crippen LogP contribution in [0.25, 0.3) is 10.9 Å². The van der Waals surface area contributed by atoms with Gasteiger partial charge in [0.2, 0.25) is 0 Å². The lowest BCUT2D eigenvalue weighted by atomic mass is 9.86. The number of halogens is 1. The second kappa shape index (κ2) is 5.44. The van der Waals surface area contributed by atoms with E-state index in [0.29, 0.717) is 22.4 Å². The molecule has 1 aliphatic heterocycles. The number of ether oxygens (including phenoxy) is 1. The van der Waals surface area contributed by atoms with Gasteiger partial charge in [0, 0.05) is 5.56 Å². The third-order valence-electron chi connectivity index (χ3n) is 4.82. The van der Waals surface area contributed by atoms with Crippen molar-refractivity contribution in [2.75, 3.05) is 5.73 Å². The lowest BCUT2D eigenvalue weighted by Crippen LogP contribution is -2.50. The molecule has 0 spiro atoms. The summed E-state index contributed by atoms with van der Waals surface area (Å²) in [6, 6.07) is 11.0. The fourth-order valence-corrected chi connectivity index (χ4v) is 3.49. The van der Waals surface area contributed by atoms with Gasteiger partial charge in [0.25, 0.3) is 0 Å². The van der Waals surface area contributed by atoms with Crippen molar-refractivity contribution in [3.8, 4) is 11.8 Å². The van der Waals surface area contributed by atoms with Crippen molar-refractivity contribution in [2.45, 2.75) is 31.6 Å². The fraction of sp³-hybridized carbons (Fsp3) is 0.263. The highest BCUT2D eigenvalue weighted by molar-refractivity contribution is 5.90. The Morgan fingerprint density at radius 2 is 2.12 bits per heavy atom. The molecule has 0 aliphatic carbocycles. The zero-order valence-corrected chi connectivity index (χ0v) is 14.3. The van der Waals surface area contributed by atoms with Crippen molar-refractivity contribution in [3.05, 3.63) is 53.3 Å². The molecule has 0 saturated carbocycles. The van der Waals surface area contributed by atoms with E-state index in [1.807, 2.05) is 0 Å². The first kappa shape index (κ1) is 16.4. The molecule has 7 heteroatoms. The molecule has 26 heavy (non-hydrogen) atoms. The maximum Gasteiger partial charge on any atom is 0.156 e. The first-order valence-corrected chi connectivity index (χ1v) is 8.17. The minimum absolute atomic E-state index is 0.0487. The van der Waals surface area contributed by atoms with Crippen LogP contribution in [0.5, 0.6) is 5.75 Å². The van der Waals surface area contributed by atoms with E-state index in [4.69, 9.17) is 10.5 Å². The summed E-state index contributed by atoms with van der Waals surface area (Å²) >= 11 is 0. The smallest absolute Gasteiger partial charge is 0.156 e. The minimum atomic E-state index is -0.991. The van der Waals surface area contributed by atoms with Crippen LogP contribution in [-0.4, -0.2) is 26.6 Å². The van der Waals surface area contributed by atoms with Crippen molar-refractivity contribution < 1.29 is 14.2 Å². The summed E-state index contributed by atoms with van der Waals surface area (Å²) in [5.41, 5.74) is 6.53. The van der Waals surface area contributed by atoms with Gasteiger partial charge >= 0.3 is 0 Å². The number of fused-ring (bicyclic) bond motifs is 2. The second-order valence-electron chi connectivity index (χ2n) is 6.92. The SMILES string of the molecule is CC1(C)Oc2ccc(C#N)cc2[C@H](n2nc(N)c3c(F)cccc32)[C@H]1O. The summed E-state index contributed by atoms with van der Waals surface area (Å²) in [6.45, 7) is 3.53. The number of hydrogen-bond acceptors (Lipinski definition) is 5. The minimum Gasteiger partial charge on any atom is -0.485 e. The van der Waals surface area contributed by atoms with Crippen LogP contribution in [0.3, 0.4) is 0 Å². The topological polar surface area (TPSA) is 97.1 Å². The molecule has 132 valence electrons. The monoisotopic (exact) mass is 352 g/mol. The van der Waals surface area contributed by atoms with E-state index in [2.05, 4.69) is 11.2 Å². The average molecular weight is 352 g/mol. The lowest BCUT2D eigenvalue weighted by Gasteiger charge is -2.42. The van der Waals surface area contributed by atoms with Crippen molar-refractivity contribution in [3.63, 3.8) is 0 Å². The number of nitrogen functional groups attached to an aromatic ring is 1. The Hall–Kier alpha value is -3.11. The first-order chi connectivity index (χ1) is 12.3. The van der Waals surface area contributed by atoms with E-state index in [0.717, 1.165) is 0 Å². The van der Waals surface area contributed by atoms with Crippen molar-refractivity contribution in [1.82, 2.24) is 9.78 Å². The van der Waals surface area contributed by atoms with Crippen LogP contribution in [0.2, 0.25) is 0 Å². The molecule has 0 unspecified atom stereocenters. The summed E-state index contributed by atoms with van der Waals surface area (Å²) < 4.78 is 21.7. The molecule has 0 bridgehead atoms. The van der Waals surface area contributed by atoms with Crippen molar-refractivity contribution >= 4 is 16.7 Å².